The van der Waals surface area contributed by atoms with Crippen LogP contribution in [0.15, 0.2) is 66.5 Å². The Morgan fingerprint density at radius 1 is 0.871 bits per heavy atom. The van der Waals surface area contributed by atoms with E-state index in [2.05, 4.69) is 4.98 Å². The molecule has 1 atom stereocenters. The normalized spacial score (nSPS) is 17.9. The SMILES string of the molecule is Cc1ccc(N2C(=O)C(=O)/C(=C(/O)c3ccc(C)c(C)c3)C2c2ccncc2)c(C)c1. The predicted octanol–water partition coefficient (Wildman–Crippen LogP) is 4.94. The lowest BCUT2D eigenvalue weighted by Gasteiger charge is -2.27. The number of nitrogens with zero attached hydrogens (tertiary/aromatic N) is 2. The number of Topliss-reactive ketones (excluding diaryl/α,β-unsaturated/α-hetero) is 1. The fourth-order valence-electron chi connectivity index (χ4n) is 4.06. The number of pyridine rings is 1. The lowest BCUT2D eigenvalue weighted by atomic mass is 9.94. The van der Waals surface area contributed by atoms with Crippen LogP contribution in [0, 0.1) is 27.7 Å². The zero-order chi connectivity index (χ0) is 22.3. The van der Waals surface area contributed by atoms with Crippen LogP contribution in [0.4, 0.5) is 5.69 Å². The van der Waals surface area contributed by atoms with E-state index in [1.807, 2.05) is 58.0 Å². The van der Waals surface area contributed by atoms with Gasteiger partial charge in [0, 0.05) is 23.6 Å². The molecular weight excluding hydrogens is 388 g/mol. The molecule has 5 nitrogen and oxygen atoms in total. The number of benzene rings is 2. The number of aliphatic hydroxyl groups excluding tert-OH is 1. The Balaban J connectivity index is 1.97. The molecule has 1 aliphatic rings. The van der Waals surface area contributed by atoms with Gasteiger partial charge in [-0.25, -0.2) is 0 Å². The summed E-state index contributed by atoms with van der Waals surface area (Å²) >= 11 is 0. The molecule has 1 N–H and O–H groups in total. The number of amides is 1. The molecule has 1 amide bonds. The summed E-state index contributed by atoms with van der Waals surface area (Å²) in [5.41, 5.74) is 5.97. The van der Waals surface area contributed by atoms with Gasteiger partial charge in [0.1, 0.15) is 5.76 Å². The number of rotatable bonds is 3. The van der Waals surface area contributed by atoms with Crippen LogP contribution < -0.4 is 4.90 Å². The number of aryl methyl sites for hydroxylation is 4. The van der Waals surface area contributed by atoms with E-state index in [1.165, 1.54) is 4.90 Å². The Bertz CT molecular complexity index is 1230. The van der Waals surface area contributed by atoms with Crippen molar-refractivity contribution in [3.8, 4) is 0 Å². The molecule has 0 spiro atoms. The lowest BCUT2D eigenvalue weighted by Crippen LogP contribution is -2.30. The number of carbonyl (C=O) groups excluding carboxylic acids is 2. The summed E-state index contributed by atoms with van der Waals surface area (Å²) in [5, 5.41) is 11.2. The van der Waals surface area contributed by atoms with Gasteiger partial charge in [0.25, 0.3) is 11.7 Å². The molecule has 1 aromatic heterocycles. The van der Waals surface area contributed by atoms with Crippen LogP contribution in [0.2, 0.25) is 0 Å². The van der Waals surface area contributed by atoms with Crippen molar-refractivity contribution in [2.24, 2.45) is 0 Å². The van der Waals surface area contributed by atoms with E-state index in [9.17, 15) is 14.7 Å². The van der Waals surface area contributed by atoms with E-state index in [1.54, 1.807) is 30.6 Å². The van der Waals surface area contributed by atoms with Crippen molar-refractivity contribution in [3.63, 3.8) is 0 Å². The molecule has 5 heteroatoms. The highest BCUT2D eigenvalue weighted by atomic mass is 16.3. The highest BCUT2D eigenvalue weighted by Gasteiger charge is 2.47. The molecule has 0 radical (unpaired) electrons. The molecule has 2 aromatic carbocycles. The van der Waals surface area contributed by atoms with Crippen LogP contribution in [-0.4, -0.2) is 21.8 Å². The minimum Gasteiger partial charge on any atom is -0.507 e. The number of ketones is 1. The third-order valence-electron chi connectivity index (χ3n) is 5.86. The Hall–Kier alpha value is -3.73. The molecule has 4 rings (SSSR count). The van der Waals surface area contributed by atoms with Gasteiger partial charge in [0.15, 0.2) is 0 Å². The van der Waals surface area contributed by atoms with Crippen molar-refractivity contribution in [1.29, 1.82) is 0 Å². The number of carbonyl (C=O) groups is 2. The monoisotopic (exact) mass is 412 g/mol. The van der Waals surface area contributed by atoms with Crippen molar-refractivity contribution in [3.05, 3.63) is 99.9 Å². The molecule has 0 bridgehead atoms. The van der Waals surface area contributed by atoms with Crippen LogP contribution in [0.1, 0.15) is 39.4 Å². The fourth-order valence-corrected chi connectivity index (χ4v) is 4.06. The van der Waals surface area contributed by atoms with Crippen LogP contribution >= 0.6 is 0 Å². The molecule has 156 valence electrons. The Morgan fingerprint density at radius 2 is 1.58 bits per heavy atom. The third-order valence-corrected chi connectivity index (χ3v) is 5.86. The number of hydrogen-bond acceptors (Lipinski definition) is 4. The zero-order valence-corrected chi connectivity index (χ0v) is 18.0. The fraction of sp³-hybridized carbons (Fsp3) is 0.192. The van der Waals surface area contributed by atoms with Gasteiger partial charge in [-0.1, -0.05) is 29.8 Å². The van der Waals surface area contributed by atoms with Crippen molar-refractivity contribution in [2.45, 2.75) is 33.7 Å². The summed E-state index contributed by atoms with van der Waals surface area (Å²) in [5.74, 6) is -1.52. The second-order valence-corrected chi connectivity index (χ2v) is 8.04. The van der Waals surface area contributed by atoms with E-state index in [0.29, 0.717) is 16.8 Å². The van der Waals surface area contributed by atoms with Gasteiger partial charge >= 0.3 is 0 Å². The van der Waals surface area contributed by atoms with Crippen LogP contribution in [0.25, 0.3) is 5.76 Å². The van der Waals surface area contributed by atoms with E-state index in [4.69, 9.17) is 0 Å². The first-order valence-electron chi connectivity index (χ1n) is 10.2. The van der Waals surface area contributed by atoms with E-state index >= 15 is 0 Å². The molecule has 31 heavy (non-hydrogen) atoms. The molecule has 1 fully saturated rings. The van der Waals surface area contributed by atoms with Crippen LogP contribution in [-0.2, 0) is 9.59 Å². The van der Waals surface area contributed by atoms with Gasteiger partial charge in [0.2, 0.25) is 0 Å². The van der Waals surface area contributed by atoms with Crippen LogP contribution in [0.5, 0.6) is 0 Å². The maximum Gasteiger partial charge on any atom is 0.300 e. The van der Waals surface area contributed by atoms with Crippen molar-refractivity contribution >= 4 is 23.1 Å². The Morgan fingerprint density at radius 3 is 2.23 bits per heavy atom. The molecule has 2 heterocycles. The standard InChI is InChI=1S/C26H24N2O3/c1-15-5-8-21(18(4)13-15)28-23(19-9-11-27-12-10-19)22(25(30)26(28)31)24(29)20-7-6-16(2)17(3)14-20/h5-14,23,29H,1-4H3/b24-22+. The first-order chi connectivity index (χ1) is 14.8. The summed E-state index contributed by atoms with van der Waals surface area (Å²) in [7, 11) is 0. The molecule has 1 unspecified atom stereocenters. The van der Waals surface area contributed by atoms with E-state index in [0.717, 1.165) is 22.3 Å². The number of aliphatic hydroxyl groups is 1. The zero-order valence-electron chi connectivity index (χ0n) is 18.0. The van der Waals surface area contributed by atoms with Crippen molar-refractivity contribution in [2.75, 3.05) is 4.90 Å². The van der Waals surface area contributed by atoms with Gasteiger partial charge in [-0.3, -0.25) is 19.5 Å². The first-order valence-corrected chi connectivity index (χ1v) is 10.2. The average Bonchev–Trinajstić information content (AvgIpc) is 3.01. The first kappa shape index (κ1) is 20.5. The average molecular weight is 412 g/mol. The maximum atomic E-state index is 13.2. The highest BCUT2D eigenvalue weighted by Crippen LogP contribution is 2.43. The minimum absolute atomic E-state index is 0.0828. The maximum absolute atomic E-state index is 13.2. The number of anilines is 1. The summed E-state index contributed by atoms with van der Waals surface area (Å²) in [6.07, 6.45) is 3.24. The second-order valence-electron chi connectivity index (χ2n) is 8.04. The molecule has 1 saturated heterocycles. The predicted molar refractivity (Wildman–Crippen MR) is 121 cm³/mol. The smallest absolute Gasteiger partial charge is 0.300 e. The number of hydrogen-bond donors (Lipinski definition) is 1. The summed E-state index contributed by atoms with van der Waals surface area (Å²) in [4.78, 5) is 32.0. The molecule has 0 aliphatic carbocycles. The lowest BCUT2D eigenvalue weighted by molar-refractivity contribution is -0.132. The van der Waals surface area contributed by atoms with E-state index < -0.39 is 17.7 Å². The largest absolute Gasteiger partial charge is 0.507 e. The minimum atomic E-state index is -0.744. The third kappa shape index (κ3) is 3.52. The summed E-state index contributed by atoms with van der Waals surface area (Å²) in [6.45, 7) is 7.81. The van der Waals surface area contributed by atoms with Gasteiger partial charge in [-0.15, -0.1) is 0 Å². The topological polar surface area (TPSA) is 70.5 Å². The molecular formula is C26H24N2O3. The molecule has 0 saturated carbocycles. The second kappa shape index (κ2) is 7.84. The van der Waals surface area contributed by atoms with Crippen LogP contribution in [0.3, 0.4) is 0 Å². The van der Waals surface area contributed by atoms with Gasteiger partial charge < -0.3 is 5.11 Å². The Labute approximate surface area is 181 Å². The molecule has 3 aromatic rings. The quantitative estimate of drug-likeness (QED) is 0.376. The van der Waals surface area contributed by atoms with Gasteiger partial charge in [-0.2, -0.15) is 0 Å². The highest BCUT2D eigenvalue weighted by molar-refractivity contribution is 6.51. The Kier molecular flexibility index (Phi) is 5.19. The van der Waals surface area contributed by atoms with E-state index in [-0.39, 0.29) is 11.3 Å². The van der Waals surface area contributed by atoms with Crippen molar-refractivity contribution < 1.29 is 14.7 Å². The van der Waals surface area contributed by atoms with Gasteiger partial charge in [-0.05, 0) is 74.2 Å². The summed E-state index contributed by atoms with van der Waals surface area (Å²) < 4.78 is 0. The number of aromatic nitrogens is 1. The van der Waals surface area contributed by atoms with Gasteiger partial charge in [0.05, 0.1) is 11.6 Å². The summed E-state index contributed by atoms with van der Waals surface area (Å²) in [6, 6.07) is 14.0. The van der Waals surface area contributed by atoms with Crippen molar-refractivity contribution in [1.82, 2.24) is 4.98 Å². The molecule has 1 aliphatic heterocycles.